The average Bonchev–Trinajstić information content (AvgIpc) is 2.69. The van der Waals surface area contributed by atoms with Crippen molar-refractivity contribution in [1.29, 1.82) is 0 Å². The van der Waals surface area contributed by atoms with Crippen LogP contribution in [0.3, 0.4) is 0 Å². The Morgan fingerprint density at radius 2 is 2.50 bits per heavy atom. The zero-order valence-electron chi connectivity index (χ0n) is 9.01. The van der Waals surface area contributed by atoms with Gasteiger partial charge in [-0.1, -0.05) is 13.5 Å². The Bertz CT molecular complexity index is 274. The van der Waals surface area contributed by atoms with Crippen LogP contribution >= 0.6 is 0 Å². The molecule has 0 saturated carbocycles. The van der Waals surface area contributed by atoms with Gasteiger partial charge in [-0.2, -0.15) is 0 Å². The molecule has 1 aliphatic heterocycles. The van der Waals surface area contributed by atoms with Gasteiger partial charge >= 0.3 is 12.1 Å². The Hall–Kier alpha value is -1.56. The lowest BCUT2D eigenvalue weighted by atomic mass is 10.4. The van der Waals surface area contributed by atoms with Crippen LogP contribution in [0.2, 0.25) is 0 Å². The third-order valence-corrected chi connectivity index (χ3v) is 1.87. The van der Waals surface area contributed by atoms with Gasteiger partial charge in [0.2, 0.25) is 6.29 Å². The minimum atomic E-state index is -0.704. The summed E-state index contributed by atoms with van der Waals surface area (Å²) in [6.45, 7) is 5.37. The average molecular weight is 230 g/mol. The molecule has 1 fully saturated rings. The van der Waals surface area contributed by atoms with Gasteiger partial charge in [0.25, 0.3) is 0 Å². The van der Waals surface area contributed by atoms with Crippen LogP contribution in [0.15, 0.2) is 12.7 Å². The van der Waals surface area contributed by atoms with Gasteiger partial charge in [-0.15, -0.1) is 0 Å². The smallest absolute Gasteiger partial charge is 0.433 e. The fourth-order valence-corrected chi connectivity index (χ4v) is 1.07. The molecule has 0 bridgehead atoms. The maximum atomic E-state index is 10.9. The Morgan fingerprint density at radius 1 is 1.75 bits per heavy atom. The van der Waals surface area contributed by atoms with E-state index in [1.54, 1.807) is 6.92 Å². The number of rotatable bonds is 6. The van der Waals surface area contributed by atoms with Crippen LogP contribution < -0.4 is 0 Å². The molecule has 0 amide bonds. The normalized spacial score (nSPS) is 20.8. The first-order valence-corrected chi connectivity index (χ1v) is 4.93. The molecule has 90 valence electrons. The second kappa shape index (κ2) is 6.12. The summed E-state index contributed by atoms with van der Waals surface area (Å²) in [5.41, 5.74) is 0. The van der Waals surface area contributed by atoms with Crippen molar-refractivity contribution in [3.8, 4) is 0 Å². The van der Waals surface area contributed by atoms with Crippen molar-refractivity contribution < 1.29 is 28.5 Å². The van der Waals surface area contributed by atoms with E-state index < -0.39 is 24.5 Å². The van der Waals surface area contributed by atoms with Gasteiger partial charge in [-0.25, -0.2) is 9.59 Å². The molecule has 1 saturated heterocycles. The second-order valence-electron chi connectivity index (χ2n) is 3.11. The zero-order valence-corrected chi connectivity index (χ0v) is 9.01. The third-order valence-electron chi connectivity index (χ3n) is 1.87. The van der Waals surface area contributed by atoms with Crippen LogP contribution in [0, 0.1) is 0 Å². The van der Waals surface area contributed by atoms with Crippen LogP contribution in [0.4, 0.5) is 4.79 Å². The van der Waals surface area contributed by atoms with Gasteiger partial charge in [-0.3, -0.25) is 0 Å². The van der Waals surface area contributed by atoms with E-state index in [1.807, 2.05) is 0 Å². The molecule has 2 unspecified atom stereocenters. The van der Waals surface area contributed by atoms with Gasteiger partial charge < -0.3 is 18.9 Å². The molecule has 0 aliphatic carbocycles. The van der Waals surface area contributed by atoms with Crippen molar-refractivity contribution in [2.75, 3.05) is 13.2 Å². The number of carbonyl (C=O) groups is 2. The number of cyclic esters (lactones) is 2. The van der Waals surface area contributed by atoms with Crippen molar-refractivity contribution >= 4 is 12.1 Å². The Balaban J connectivity index is 2.25. The Kier molecular flexibility index (Phi) is 4.78. The summed E-state index contributed by atoms with van der Waals surface area (Å²) >= 11 is 0. The summed E-state index contributed by atoms with van der Waals surface area (Å²) in [4.78, 5) is 21.5. The molecule has 0 N–H and O–H groups in total. The molecular weight excluding hydrogens is 216 g/mol. The molecule has 0 spiro atoms. The molecule has 6 nitrogen and oxygen atoms in total. The van der Waals surface area contributed by atoms with E-state index in [1.165, 1.54) is 0 Å². The van der Waals surface area contributed by atoms with Crippen LogP contribution in [0.1, 0.15) is 13.3 Å². The second-order valence-corrected chi connectivity index (χ2v) is 3.11. The fraction of sp³-hybridized carbons (Fsp3) is 0.600. The lowest BCUT2D eigenvalue weighted by Crippen LogP contribution is -2.26. The first-order chi connectivity index (χ1) is 7.65. The molecule has 0 aromatic carbocycles. The van der Waals surface area contributed by atoms with E-state index in [-0.39, 0.29) is 13.2 Å². The SMILES string of the molecule is C=CC(=O)OC(CC)OCC1COC(=O)O1. The molecule has 1 aliphatic rings. The van der Waals surface area contributed by atoms with Crippen molar-refractivity contribution in [1.82, 2.24) is 0 Å². The molecule has 0 radical (unpaired) electrons. The molecule has 0 aromatic rings. The highest BCUT2D eigenvalue weighted by Gasteiger charge is 2.26. The van der Waals surface area contributed by atoms with E-state index in [2.05, 4.69) is 11.3 Å². The predicted molar refractivity (Wildman–Crippen MR) is 52.5 cm³/mol. The van der Waals surface area contributed by atoms with E-state index >= 15 is 0 Å². The van der Waals surface area contributed by atoms with E-state index in [0.717, 1.165) is 6.08 Å². The fourth-order valence-electron chi connectivity index (χ4n) is 1.07. The monoisotopic (exact) mass is 230 g/mol. The number of esters is 1. The summed E-state index contributed by atoms with van der Waals surface area (Å²) < 4.78 is 19.4. The van der Waals surface area contributed by atoms with Gasteiger partial charge in [0.15, 0.2) is 6.10 Å². The molecule has 6 heteroatoms. The van der Waals surface area contributed by atoms with Crippen molar-refractivity contribution in [2.24, 2.45) is 0 Å². The van der Waals surface area contributed by atoms with Crippen molar-refractivity contribution in [2.45, 2.75) is 25.7 Å². The highest BCUT2D eigenvalue weighted by Crippen LogP contribution is 2.09. The van der Waals surface area contributed by atoms with Crippen molar-refractivity contribution in [3.05, 3.63) is 12.7 Å². The van der Waals surface area contributed by atoms with Gasteiger partial charge in [0.05, 0.1) is 6.61 Å². The molecular formula is C10H14O6. The minimum Gasteiger partial charge on any atom is -0.433 e. The lowest BCUT2D eigenvalue weighted by molar-refractivity contribution is -0.177. The van der Waals surface area contributed by atoms with Gasteiger partial charge in [0.1, 0.15) is 6.61 Å². The maximum Gasteiger partial charge on any atom is 0.508 e. The highest BCUT2D eigenvalue weighted by atomic mass is 16.8. The van der Waals surface area contributed by atoms with Crippen molar-refractivity contribution in [3.63, 3.8) is 0 Å². The van der Waals surface area contributed by atoms with Crippen LogP contribution in [-0.2, 0) is 23.7 Å². The number of ether oxygens (including phenoxy) is 4. The standard InChI is InChI=1S/C10H14O6/c1-3-8(11)16-9(4-2)13-5-7-6-14-10(12)15-7/h3,7,9H,1,4-6H2,2H3. The molecule has 1 rings (SSSR count). The Labute approximate surface area is 93.1 Å². The summed E-state index contributed by atoms with van der Waals surface area (Å²) in [6, 6.07) is 0. The first-order valence-electron chi connectivity index (χ1n) is 4.93. The quantitative estimate of drug-likeness (QED) is 0.385. The summed E-state index contributed by atoms with van der Waals surface area (Å²) in [5, 5.41) is 0. The lowest BCUT2D eigenvalue weighted by Gasteiger charge is -2.17. The van der Waals surface area contributed by atoms with Crippen LogP contribution in [0.5, 0.6) is 0 Å². The first kappa shape index (κ1) is 12.5. The third kappa shape index (κ3) is 3.90. The number of hydrogen-bond acceptors (Lipinski definition) is 6. The molecule has 2 atom stereocenters. The van der Waals surface area contributed by atoms with E-state index in [0.29, 0.717) is 6.42 Å². The maximum absolute atomic E-state index is 10.9. The molecule has 1 heterocycles. The van der Waals surface area contributed by atoms with Gasteiger partial charge in [0, 0.05) is 12.5 Å². The topological polar surface area (TPSA) is 71.1 Å². The number of carbonyl (C=O) groups excluding carboxylic acids is 2. The summed E-state index contributed by atoms with van der Waals surface area (Å²) in [6.07, 6.45) is -0.246. The molecule has 0 aromatic heterocycles. The Morgan fingerprint density at radius 3 is 3.00 bits per heavy atom. The summed E-state index contributed by atoms with van der Waals surface area (Å²) in [7, 11) is 0. The number of hydrogen-bond donors (Lipinski definition) is 0. The zero-order chi connectivity index (χ0) is 12.0. The highest BCUT2D eigenvalue weighted by molar-refractivity contribution is 5.81. The predicted octanol–water partition coefficient (Wildman–Crippen LogP) is 1.00. The van der Waals surface area contributed by atoms with E-state index in [9.17, 15) is 9.59 Å². The van der Waals surface area contributed by atoms with Gasteiger partial charge in [-0.05, 0) is 0 Å². The van der Waals surface area contributed by atoms with E-state index in [4.69, 9.17) is 14.2 Å². The minimum absolute atomic E-state index is 0.134. The van der Waals surface area contributed by atoms with Crippen LogP contribution in [-0.4, -0.2) is 37.7 Å². The largest absolute Gasteiger partial charge is 0.508 e. The van der Waals surface area contributed by atoms with Crippen LogP contribution in [0.25, 0.3) is 0 Å². The molecule has 16 heavy (non-hydrogen) atoms. The summed E-state index contributed by atoms with van der Waals surface area (Å²) in [5.74, 6) is -0.550.